The fourth-order valence-electron chi connectivity index (χ4n) is 5.17. The number of esters is 1. The Balaban J connectivity index is 1.72. The normalized spacial score (nSPS) is 18.9. The standard InChI is InChI=1S/C27H33NO5S/c1-3-15-27(16-4-2)19-23(29)24(25(30)33-27)26(17-18-26)20-28(21-11-7-5-8-12-21)34(31,32)22-13-9-6-10-14-22/h5-14,29H,3-4,15-20H2,1-2H3. The van der Waals surface area contributed by atoms with Crippen LogP contribution in [0.5, 0.6) is 0 Å². The second-order valence-electron chi connectivity index (χ2n) is 9.51. The fraction of sp³-hybridized carbons (Fsp3) is 0.444. The summed E-state index contributed by atoms with van der Waals surface area (Å²) in [6.45, 7) is 4.14. The van der Waals surface area contributed by atoms with E-state index in [9.17, 15) is 18.3 Å². The summed E-state index contributed by atoms with van der Waals surface area (Å²) in [5, 5.41) is 11.1. The molecule has 0 saturated heterocycles. The summed E-state index contributed by atoms with van der Waals surface area (Å²) in [6, 6.07) is 17.2. The number of cyclic esters (lactones) is 1. The van der Waals surface area contributed by atoms with E-state index in [1.54, 1.807) is 54.6 Å². The summed E-state index contributed by atoms with van der Waals surface area (Å²) in [5.74, 6) is -0.450. The molecule has 0 aromatic heterocycles. The molecule has 0 unspecified atom stereocenters. The minimum Gasteiger partial charge on any atom is -0.512 e. The Labute approximate surface area is 202 Å². The van der Waals surface area contributed by atoms with Gasteiger partial charge in [-0.2, -0.15) is 0 Å². The quantitative estimate of drug-likeness (QED) is 0.434. The van der Waals surface area contributed by atoms with Gasteiger partial charge in [0.1, 0.15) is 11.4 Å². The summed E-state index contributed by atoms with van der Waals surface area (Å²) < 4.78 is 34.7. The predicted molar refractivity (Wildman–Crippen MR) is 132 cm³/mol. The number of para-hydroxylation sites is 1. The highest BCUT2D eigenvalue weighted by Crippen LogP contribution is 2.57. The average molecular weight is 484 g/mol. The van der Waals surface area contributed by atoms with Crippen LogP contribution in [0.1, 0.15) is 58.8 Å². The van der Waals surface area contributed by atoms with Crippen molar-refractivity contribution >= 4 is 21.7 Å². The molecule has 6 nitrogen and oxygen atoms in total. The topological polar surface area (TPSA) is 83.9 Å². The maximum atomic E-state index is 13.7. The zero-order valence-corrected chi connectivity index (χ0v) is 20.7. The van der Waals surface area contributed by atoms with Gasteiger partial charge in [0.05, 0.1) is 16.2 Å². The number of hydrogen-bond donors (Lipinski definition) is 1. The van der Waals surface area contributed by atoms with Crippen molar-refractivity contribution in [2.24, 2.45) is 5.41 Å². The number of rotatable bonds is 10. The van der Waals surface area contributed by atoms with Crippen LogP contribution in [-0.2, 0) is 19.6 Å². The lowest BCUT2D eigenvalue weighted by atomic mass is 9.82. The van der Waals surface area contributed by atoms with Gasteiger partial charge in [-0.1, -0.05) is 63.1 Å². The molecule has 2 aliphatic rings. The third kappa shape index (κ3) is 4.58. The summed E-state index contributed by atoms with van der Waals surface area (Å²) in [6.07, 6.45) is 4.59. The molecule has 182 valence electrons. The second-order valence-corrected chi connectivity index (χ2v) is 11.4. The monoisotopic (exact) mass is 483 g/mol. The van der Waals surface area contributed by atoms with E-state index < -0.39 is 27.0 Å². The molecule has 0 bridgehead atoms. The molecule has 2 aromatic rings. The van der Waals surface area contributed by atoms with Gasteiger partial charge in [-0.25, -0.2) is 13.2 Å². The molecule has 0 radical (unpaired) electrons. The third-order valence-corrected chi connectivity index (χ3v) is 8.70. The molecule has 0 atom stereocenters. The maximum absolute atomic E-state index is 13.7. The number of nitrogens with zero attached hydrogens (tertiary/aromatic N) is 1. The molecule has 4 rings (SSSR count). The van der Waals surface area contributed by atoms with Gasteiger partial charge < -0.3 is 9.84 Å². The van der Waals surface area contributed by atoms with Crippen molar-refractivity contribution in [2.75, 3.05) is 10.8 Å². The Bertz CT molecular complexity index is 1150. The van der Waals surface area contributed by atoms with E-state index in [-0.39, 0.29) is 29.2 Å². The Morgan fingerprint density at radius 2 is 1.50 bits per heavy atom. The number of carbonyl (C=O) groups excluding carboxylic acids is 1. The molecule has 2 aromatic carbocycles. The number of aliphatic hydroxyl groups is 1. The molecule has 1 aliphatic heterocycles. The summed E-state index contributed by atoms with van der Waals surface area (Å²) in [4.78, 5) is 13.5. The van der Waals surface area contributed by atoms with E-state index in [1.165, 1.54) is 4.31 Å². The third-order valence-electron chi connectivity index (χ3n) is 6.91. The van der Waals surface area contributed by atoms with Crippen LogP contribution in [0.25, 0.3) is 0 Å². The van der Waals surface area contributed by atoms with Crippen LogP contribution in [0, 0.1) is 5.41 Å². The smallest absolute Gasteiger partial charge is 0.338 e. The second kappa shape index (κ2) is 9.45. The summed E-state index contributed by atoms with van der Waals surface area (Å²) >= 11 is 0. The van der Waals surface area contributed by atoms with Gasteiger partial charge in [0.25, 0.3) is 10.0 Å². The summed E-state index contributed by atoms with van der Waals surface area (Å²) in [7, 11) is -3.88. The maximum Gasteiger partial charge on any atom is 0.338 e. The largest absolute Gasteiger partial charge is 0.512 e. The highest BCUT2D eigenvalue weighted by Gasteiger charge is 2.56. The number of carbonyl (C=O) groups is 1. The molecular weight excluding hydrogens is 450 g/mol. The minimum absolute atomic E-state index is 0.0563. The van der Waals surface area contributed by atoms with Crippen molar-refractivity contribution in [3.8, 4) is 0 Å². The Hall–Kier alpha value is -2.80. The first kappa shape index (κ1) is 24.3. The van der Waals surface area contributed by atoms with E-state index in [2.05, 4.69) is 0 Å². The molecule has 1 fully saturated rings. The predicted octanol–water partition coefficient (Wildman–Crippen LogP) is 5.76. The SMILES string of the molecule is CCCC1(CCC)CC(O)=C(C2(CN(c3ccccc3)S(=O)(=O)c3ccccc3)CC2)C(=O)O1. The molecule has 34 heavy (non-hydrogen) atoms. The molecular formula is C27H33NO5S. The van der Waals surface area contributed by atoms with E-state index in [0.29, 0.717) is 31.4 Å². The zero-order chi connectivity index (χ0) is 24.4. The van der Waals surface area contributed by atoms with Crippen LogP contribution in [0.2, 0.25) is 0 Å². The number of aliphatic hydroxyl groups excluding tert-OH is 1. The highest BCUT2D eigenvalue weighted by atomic mass is 32.2. The van der Waals surface area contributed by atoms with Crippen molar-refractivity contribution in [1.29, 1.82) is 0 Å². The number of ether oxygens (including phenoxy) is 1. The number of anilines is 1. The van der Waals surface area contributed by atoms with Crippen molar-refractivity contribution in [3.05, 3.63) is 72.0 Å². The van der Waals surface area contributed by atoms with Crippen LogP contribution in [0.4, 0.5) is 5.69 Å². The first-order valence-electron chi connectivity index (χ1n) is 12.1. The van der Waals surface area contributed by atoms with Crippen LogP contribution in [0.3, 0.4) is 0 Å². The van der Waals surface area contributed by atoms with Gasteiger partial charge in [0.2, 0.25) is 0 Å². The number of sulfonamides is 1. The fourth-order valence-corrected chi connectivity index (χ4v) is 6.75. The van der Waals surface area contributed by atoms with Gasteiger partial charge >= 0.3 is 5.97 Å². The van der Waals surface area contributed by atoms with Crippen LogP contribution >= 0.6 is 0 Å². The molecule has 0 spiro atoms. The van der Waals surface area contributed by atoms with E-state index in [1.807, 2.05) is 19.9 Å². The molecule has 1 saturated carbocycles. The van der Waals surface area contributed by atoms with Crippen molar-refractivity contribution in [3.63, 3.8) is 0 Å². The lowest BCUT2D eigenvalue weighted by Gasteiger charge is -2.39. The van der Waals surface area contributed by atoms with Crippen LogP contribution in [0.15, 0.2) is 76.9 Å². The van der Waals surface area contributed by atoms with Crippen molar-refractivity contribution in [2.45, 2.75) is 69.3 Å². The molecule has 1 N–H and O–H groups in total. The van der Waals surface area contributed by atoms with Crippen LogP contribution in [-0.4, -0.2) is 31.6 Å². The van der Waals surface area contributed by atoms with Crippen LogP contribution < -0.4 is 4.31 Å². The van der Waals surface area contributed by atoms with E-state index >= 15 is 0 Å². The molecule has 1 heterocycles. The molecule has 1 aliphatic carbocycles. The number of hydrogen-bond acceptors (Lipinski definition) is 5. The molecule has 0 amide bonds. The summed E-state index contributed by atoms with van der Waals surface area (Å²) in [5.41, 5.74) is -0.670. The lowest BCUT2D eigenvalue weighted by Crippen LogP contribution is -2.44. The zero-order valence-electron chi connectivity index (χ0n) is 19.9. The molecule has 7 heteroatoms. The lowest BCUT2D eigenvalue weighted by molar-refractivity contribution is -0.162. The first-order chi connectivity index (χ1) is 16.3. The number of benzene rings is 2. The highest BCUT2D eigenvalue weighted by molar-refractivity contribution is 7.92. The van der Waals surface area contributed by atoms with Gasteiger partial charge in [-0.05, 0) is 49.9 Å². The minimum atomic E-state index is -3.88. The first-order valence-corrected chi connectivity index (χ1v) is 13.5. The van der Waals surface area contributed by atoms with Gasteiger partial charge in [0.15, 0.2) is 0 Å². The van der Waals surface area contributed by atoms with Crippen molar-refractivity contribution in [1.82, 2.24) is 0 Å². The van der Waals surface area contributed by atoms with Gasteiger partial charge in [-0.3, -0.25) is 4.31 Å². The van der Waals surface area contributed by atoms with Gasteiger partial charge in [0, 0.05) is 18.4 Å². The van der Waals surface area contributed by atoms with E-state index in [0.717, 1.165) is 12.8 Å². The van der Waals surface area contributed by atoms with Crippen molar-refractivity contribution < 1.29 is 23.1 Å². The van der Waals surface area contributed by atoms with E-state index in [4.69, 9.17) is 4.74 Å². The Morgan fingerprint density at radius 3 is 2.00 bits per heavy atom. The van der Waals surface area contributed by atoms with Gasteiger partial charge in [-0.15, -0.1) is 0 Å². The Morgan fingerprint density at radius 1 is 0.941 bits per heavy atom. The Kier molecular flexibility index (Phi) is 6.76. The average Bonchev–Trinajstić information content (AvgIpc) is 3.58.